The Bertz CT molecular complexity index is 1390. The lowest BCUT2D eigenvalue weighted by atomic mass is 9.99. The second kappa shape index (κ2) is 10.7. The number of hydrogen-bond donors (Lipinski definition) is 2. The van der Waals surface area contributed by atoms with Crippen molar-refractivity contribution in [1.29, 1.82) is 0 Å². The molecule has 0 aromatic heterocycles. The Balaban J connectivity index is 1.69. The Morgan fingerprint density at radius 3 is 1.94 bits per heavy atom. The number of hydrogen-bond acceptors (Lipinski definition) is 3. The Labute approximate surface area is 207 Å². The molecule has 0 radical (unpaired) electrons. The van der Waals surface area contributed by atoms with Crippen molar-refractivity contribution >= 4 is 45.1 Å². The Morgan fingerprint density at radius 2 is 1.29 bits per heavy atom. The van der Waals surface area contributed by atoms with E-state index in [0.29, 0.717) is 36.2 Å². The third-order valence-corrected chi connectivity index (χ3v) is 6.79. The van der Waals surface area contributed by atoms with E-state index in [4.69, 9.17) is 0 Å². The first kappa shape index (κ1) is 24.4. The number of aryl methyl sites for hydroxylation is 2. The van der Waals surface area contributed by atoms with E-state index in [2.05, 4.69) is 0 Å². The van der Waals surface area contributed by atoms with Gasteiger partial charge in [0, 0.05) is 30.6 Å². The molecule has 0 fully saturated rings. The molecule has 4 aromatic rings. The van der Waals surface area contributed by atoms with Crippen LogP contribution in [-0.4, -0.2) is 33.9 Å². The molecule has 1 atom stereocenters. The number of rotatable bonds is 9. The number of fused-ring (bicyclic) bond motifs is 1. The molecule has 0 bridgehead atoms. The van der Waals surface area contributed by atoms with Gasteiger partial charge in [0.1, 0.15) is 0 Å². The molecule has 4 rings (SSSR count). The maximum atomic E-state index is 12.7. The number of para-hydroxylation sites is 1. The summed E-state index contributed by atoms with van der Waals surface area (Å²) < 4.78 is 24.6. The highest BCUT2D eigenvalue weighted by Gasteiger charge is 2.21. The molecule has 6 nitrogen and oxygen atoms in total. The van der Waals surface area contributed by atoms with E-state index in [1.165, 1.54) is 4.31 Å². The van der Waals surface area contributed by atoms with Crippen LogP contribution < -0.4 is 9.21 Å². The summed E-state index contributed by atoms with van der Waals surface area (Å²) in [5, 5.41) is 11.3. The van der Waals surface area contributed by atoms with Gasteiger partial charge >= 0.3 is 5.97 Å². The maximum absolute atomic E-state index is 12.7. The normalized spacial score (nSPS) is 11.9. The number of nitrogens with zero attached hydrogens (tertiary/aromatic N) is 2. The molecule has 0 aliphatic carbocycles. The van der Waals surface area contributed by atoms with Crippen molar-refractivity contribution < 1.29 is 18.7 Å². The van der Waals surface area contributed by atoms with Gasteiger partial charge in [0.05, 0.1) is 16.9 Å². The van der Waals surface area contributed by atoms with E-state index in [1.54, 1.807) is 12.1 Å². The number of carboxylic acid groups (broad SMARTS) is 1. The highest BCUT2D eigenvalue weighted by molar-refractivity contribution is 7.81. The fraction of sp³-hybridized carbons (Fsp3) is 0.179. The van der Waals surface area contributed by atoms with E-state index < -0.39 is 17.2 Å². The van der Waals surface area contributed by atoms with E-state index in [1.807, 2.05) is 91.8 Å². The lowest BCUT2D eigenvalue weighted by Crippen LogP contribution is -2.21. The zero-order valence-corrected chi connectivity index (χ0v) is 20.5. The Hall–Kier alpha value is -3.68. The molecule has 0 aliphatic heterocycles. The van der Waals surface area contributed by atoms with Crippen LogP contribution in [0.3, 0.4) is 0 Å². The van der Waals surface area contributed by atoms with Gasteiger partial charge in [-0.25, -0.2) is 13.3 Å². The highest BCUT2D eigenvalue weighted by atomic mass is 32.2. The minimum absolute atomic E-state index is 0.311. The molecular formula is C28H28N2O4S. The van der Waals surface area contributed by atoms with Gasteiger partial charge in [-0.1, -0.05) is 60.7 Å². The van der Waals surface area contributed by atoms with Crippen LogP contribution in [0.2, 0.25) is 0 Å². The van der Waals surface area contributed by atoms with Crippen molar-refractivity contribution in [1.82, 2.24) is 0 Å². The fourth-order valence-electron chi connectivity index (χ4n) is 4.48. The summed E-state index contributed by atoms with van der Waals surface area (Å²) in [6, 6.07) is 26.3. The average Bonchev–Trinajstić information content (AvgIpc) is 2.85. The molecule has 0 saturated carbocycles. The Kier molecular flexibility index (Phi) is 7.48. The minimum Gasteiger partial charge on any atom is -0.478 e. The molecule has 7 heteroatoms. The van der Waals surface area contributed by atoms with Gasteiger partial charge in [0.15, 0.2) is 0 Å². The quantitative estimate of drug-likeness (QED) is 0.280. The van der Waals surface area contributed by atoms with Crippen LogP contribution in [-0.2, 0) is 24.1 Å². The smallest absolute Gasteiger partial charge is 0.335 e. The number of carbonyl (C=O) groups is 1. The zero-order chi connectivity index (χ0) is 24.9. The standard InChI is InChI=1S/C28H28N2O4S/c1-29(2)26-18-8-16-24-23(26)15-9-19-27(24)30(35(33)34)25-17-6-4-11-21(25)13-7-12-20-10-3-5-14-22(20)28(31)32/h3-6,8-11,14-19H,7,12-13H2,1-2H3,(H,31,32)(H,33,34). The summed E-state index contributed by atoms with van der Waals surface area (Å²) in [6.07, 6.45) is 1.93. The van der Waals surface area contributed by atoms with Crippen LogP contribution in [0.25, 0.3) is 10.8 Å². The van der Waals surface area contributed by atoms with Gasteiger partial charge in [-0.2, -0.15) is 0 Å². The summed E-state index contributed by atoms with van der Waals surface area (Å²) in [5.74, 6) is -0.934. The van der Waals surface area contributed by atoms with Crippen molar-refractivity contribution in [2.45, 2.75) is 19.3 Å². The number of aromatic carboxylic acids is 1. The number of anilines is 3. The van der Waals surface area contributed by atoms with Crippen LogP contribution in [0.1, 0.15) is 27.9 Å². The lowest BCUT2D eigenvalue weighted by molar-refractivity contribution is 0.0695. The molecule has 0 amide bonds. The second-order valence-corrected chi connectivity index (χ2v) is 9.34. The summed E-state index contributed by atoms with van der Waals surface area (Å²) in [5.41, 5.74) is 4.34. The molecule has 0 heterocycles. The predicted molar refractivity (Wildman–Crippen MR) is 143 cm³/mol. The van der Waals surface area contributed by atoms with Crippen molar-refractivity contribution in [3.8, 4) is 0 Å². The third kappa shape index (κ3) is 5.21. The molecule has 1 unspecified atom stereocenters. The van der Waals surface area contributed by atoms with Gasteiger partial charge in [0.2, 0.25) is 0 Å². The number of benzene rings is 4. The molecule has 35 heavy (non-hydrogen) atoms. The van der Waals surface area contributed by atoms with Crippen molar-refractivity contribution in [2.24, 2.45) is 0 Å². The van der Waals surface area contributed by atoms with Gasteiger partial charge in [0.25, 0.3) is 11.3 Å². The largest absolute Gasteiger partial charge is 0.478 e. The van der Waals surface area contributed by atoms with Crippen LogP contribution in [0.4, 0.5) is 17.1 Å². The van der Waals surface area contributed by atoms with Crippen LogP contribution in [0.15, 0.2) is 84.9 Å². The first-order valence-electron chi connectivity index (χ1n) is 11.4. The van der Waals surface area contributed by atoms with E-state index in [0.717, 1.165) is 27.6 Å². The molecule has 2 N–H and O–H groups in total. The zero-order valence-electron chi connectivity index (χ0n) is 19.7. The average molecular weight is 489 g/mol. The van der Waals surface area contributed by atoms with Crippen molar-refractivity contribution in [3.63, 3.8) is 0 Å². The van der Waals surface area contributed by atoms with Crippen LogP contribution in [0, 0.1) is 0 Å². The molecular weight excluding hydrogens is 460 g/mol. The van der Waals surface area contributed by atoms with E-state index >= 15 is 0 Å². The molecule has 0 saturated heterocycles. The fourth-order valence-corrected chi connectivity index (χ4v) is 5.15. The SMILES string of the molecule is CN(C)c1cccc2c(N(c3ccccc3CCCc3ccccc3C(=O)O)S(=O)O)cccc12. The second-order valence-electron chi connectivity index (χ2n) is 8.51. The van der Waals surface area contributed by atoms with Crippen LogP contribution >= 0.6 is 0 Å². The maximum Gasteiger partial charge on any atom is 0.335 e. The van der Waals surface area contributed by atoms with Crippen LogP contribution in [0.5, 0.6) is 0 Å². The lowest BCUT2D eigenvalue weighted by Gasteiger charge is -2.25. The summed E-state index contributed by atoms with van der Waals surface area (Å²) >= 11 is -2.30. The highest BCUT2D eigenvalue weighted by Crippen LogP contribution is 2.38. The third-order valence-electron chi connectivity index (χ3n) is 6.08. The minimum atomic E-state index is -2.30. The molecule has 0 spiro atoms. The Morgan fingerprint density at radius 1 is 0.743 bits per heavy atom. The topological polar surface area (TPSA) is 81.1 Å². The first-order valence-corrected chi connectivity index (χ1v) is 12.4. The molecule has 180 valence electrons. The summed E-state index contributed by atoms with van der Waals surface area (Å²) in [6.45, 7) is 0. The summed E-state index contributed by atoms with van der Waals surface area (Å²) in [4.78, 5) is 13.6. The van der Waals surface area contributed by atoms with Gasteiger partial charge < -0.3 is 10.0 Å². The molecule has 0 aliphatic rings. The monoisotopic (exact) mass is 488 g/mol. The predicted octanol–water partition coefficient (Wildman–Crippen LogP) is 6.05. The van der Waals surface area contributed by atoms with E-state index in [-0.39, 0.29) is 0 Å². The molecule has 4 aromatic carbocycles. The van der Waals surface area contributed by atoms with E-state index in [9.17, 15) is 18.7 Å². The van der Waals surface area contributed by atoms with Crippen molar-refractivity contribution in [3.05, 3.63) is 102 Å². The van der Waals surface area contributed by atoms with Crippen molar-refractivity contribution in [2.75, 3.05) is 23.3 Å². The van der Waals surface area contributed by atoms with Gasteiger partial charge in [-0.15, -0.1) is 0 Å². The van der Waals surface area contributed by atoms with Gasteiger partial charge in [-0.05, 0) is 54.7 Å². The first-order chi connectivity index (χ1) is 16.9. The van der Waals surface area contributed by atoms with Gasteiger partial charge in [-0.3, -0.25) is 4.55 Å². The summed E-state index contributed by atoms with van der Waals surface area (Å²) in [7, 11) is 3.95. The number of carboxylic acids is 1.